The SMILES string of the molecule is Cc1ccc(C(NC(=O)C2CC2c2ccccc2Cl)C2CC2)cc1. The van der Waals surface area contributed by atoms with Crippen LogP contribution in [0.3, 0.4) is 0 Å². The van der Waals surface area contributed by atoms with Gasteiger partial charge >= 0.3 is 0 Å². The van der Waals surface area contributed by atoms with Gasteiger partial charge in [-0.2, -0.15) is 0 Å². The van der Waals surface area contributed by atoms with E-state index in [0.717, 1.165) is 17.0 Å². The quantitative estimate of drug-likeness (QED) is 0.814. The van der Waals surface area contributed by atoms with Gasteiger partial charge < -0.3 is 5.32 Å². The van der Waals surface area contributed by atoms with Crippen LogP contribution in [0.5, 0.6) is 0 Å². The fourth-order valence-electron chi connectivity index (χ4n) is 3.54. The van der Waals surface area contributed by atoms with Gasteiger partial charge in [-0.3, -0.25) is 4.79 Å². The number of nitrogens with one attached hydrogen (secondary N) is 1. The molecule has 2 aliphatic carbocycles. The van der Waals surface area contributed by atoms with E-state index in [1.807, 2.05) is 24.3 Å². The van der Waals surface area contributed by atoms with Crippen LogP contribution in [0.1, 0.15) is 47.9 Å². The Hall–Kier alpha value is -1.80. The molecule has 2 aromatic rings. The average Bonchev–Trinajstić information content (AvgIpc) is 3.47. The lowest BCUT2D eigenvalue weighted by Gasteiger charge is -2.19. The van der Waals surface area contributed by atoms with E-state index in [4.69, 9.17) is 11.6 Å². The highest BCUT2D eigenvalue weighted by Crippen LogP contribution is 2.50. The van der Waals surface area contributed by atoms with Gasteiger partial charge in [0.25, 0.3) is 0 Å². The van der Waals surface area contributed by atoms with Gasteiger partial charge in [0.1, 0.15) is 0 Å². The third-order valence-electron chi connectivity index (χ3n) is 5.26. The molecular weight excluding hydrogens is 318 g/mol. The van der Waals surface area contributed by atoms with Crippen LogP contribution in [-0.4, -0.2) is 5.91 Å². The Morgan fingerprint density at radius 2 is 1.83 bits per heavy atom. The summed E-state index contributed by atoms with van der Waals surface area (Å²) in [4.78, 5) is 12.7. The van der Waals surface area contributed by atoms with Crippen molar-refractivity contribution in [1.82, 2.24) is 5.32 Å². The lowest BCUT2D eigenvalue weighted by molar-refractivity contribution is -0.123. The summed E-state index contributed by atoms with van der Waals surface area (Å²) < 4.78 is 0. The van der Waals surface area contributed by atoms with Crippen LogP contribution in [0.25, 0.3) is 0 Å². The van der Waals surface area contributed by atoms with Crippen LogP contribution >= 0.6 is 11.6 Å². The Labute approximate surface area is 148 Å². The molecule has 0 aliphatic heterocycles. The largest absolute Gasteiger partial charge is 0.349 e. The lowest BCUT2D eigenvalue weighted by Crippen LogP contribution is -2.31. The number of benzene rings is 2. The number of carbonyl (C=O) groups excluding carboxylic acids is 1. The van der Waals surface area contributed by atoms with E-state index in [2.05, 4.69) is 36.5 Å². The monoisotopic (exact) mass is 339 g/mol. The lowest BCUT2D eigenvalue weighted by atomic mass is 10.0. The Kier molecular flexibility index (Phi) is 4.09. The van der Waals surface area contributed by atoms with Crippen molar-refractivity contribution in [3.63, 3.8) is 0 Å². The second-order valence-electron chi connectivity index (χ2n) is 7.20. The topological polar surface area (TPSA) is 29.1 Å². The molecule has 2 aliphatic rings. The third kappa shape index (κ3) is 3.21. The fraction of sp³-hybridized carbons (Fsp3) is 0.381. The average molecular weight is 340 g/mol. The minimum absolute atomic E-state index is 0.0663. The molecule has 2 aromatic carbocycles. The zero-order valence-corrected chi connectivity index (χ0v) is 14.6. The highest BCUT2D eigenvalue weighted by atomic mass is 35.5. The van der Waals surface area contributed by atoms with Crippen molar-refractivity contribution < 1.29 is 4.79 Å². The third-order valence-corrected chi connectivity index (χ3v) is 5.60. The minimum Gasteiger partial charge on any atom is -0.349 e. The van der Waals surface area contributed by atoms with Crippen molar-refractivity contribution in [1.29, 1.82) is 0 Å². The van der Waals surface area contributed by atoms with E-state index in [1.165, 1.54) is 24.0 Å². The zero-order chi connectivity index (χ0) is 16.7. The number of amides is 1. The molecule has 0 radical (unpaired) electrons. The molecule has 2 nitrogen and oxygen atoms in total. The zero-order valence-electron chi connectivity index (χ0n) is 13.8. The molecule has 1 N–H and O–H groups in total. The molecule has 1 amide bonds. The van der Waals surface area contributed by atoms with Crippen LogP contribution in [0, 0.1) is 18.8 Å². The molecule has 0 heterocycles. The molecule has 2 fully saturated rings. The van der Waals surface area contributed by atoms with Crippen LogP contribution < -0.4 is 5.32 Å². The Bertz CT molecular complexity index is 751. The van der Waals surface area contributed by atoms with Gasteiger partial charge in [0, 0.05) is 10.9 Å². The highest BCUT2D eigenvalue weighted by Gasteiger charge is 2.46. The molecule has 0 aromatic heterocycles. The summed E-state index contributed by atoms with van der Waals surface area (Å²) in [6.45, 7) is 2.09. The summed E-state index contributed by atoms with van der Waals surface area (Å²) in [6.07, 6.45) is 3.32. The number of rotatable bonds is 5. The number of hydrogen-bond acceptors (Lipinski definition) is 1. The van der Waals surface area contributed by atoms with Crippen molar-refractivity contribution in [3.05, 3.63) is 70.2 Å². The molecule has 124 valence electrons. The smallest absolute Gasteiger partial charge is 0.224 e. The van der Waals surface area contributed by atoms with Gasteiger partial charge in [0.15, 0.2) is 0 Å². The summed E-state index contributed by atoms with van der Waals surface area (Å²) in [5, 5.41) is 4.09. The maximum atomic E-state index is 12.7. The standard InChI is InChI=1S/C21H22ClNO/c1-13-6-8-14(9-7-13)20(15-10-11-15)23-21(24)18-12-17(18)16-4-2-3-5-19(16)22/h2-9,15,17-18,20H,10-12H2,1H3,(H,23,24). The van der Waals surface area contributed by atoms with Crippen molar-refractivity contribution in [2.75, 3.05) is 0 Å². The van der Waals surface area contributed by atoms with Gasteiger partial charge in [-0.1, -0.05) is 59.6 Å². The fourth-order valence-corrected chi connectivity index (χ4v) is 3.82. The van der Waals surface area contributed by atoms with E-state index in [0.29, 0.717) is 5.92 Å². The predicted octanol–water partition coefficient (Wildman–Crippen LogP) is 5.02. The summed E-state index contributed by atoms with van der Waals surface area (Å²) in [5.74, 6) is 1.11. The van der Waals surface area contributed by atoms with Crippen molar-refractivity contribution >= 4 is 17.5 Å². The van der Waals surface area contributed by atoms with E-state index in [1.54, 1.807) is 0 Å². The highest BCUT2D eigenvalue weighted by molar-refractivity contribution is 6.31. The molecule has 0 saturated heterocycles. The molecule has 4 rings (SSSR count). The molecule has 2 saturated carbocycles. The summed E-state index contributed by atoms with van der Waals surface area (Å²) >= 11 is 6.27. The van der Waals surface area contributed by atoms with E-state index >= 15 is 0 Å². The number of halogens is 1. The van der Waals surface area contributed by atoms with Crippen molar-refractivity contribution in [2.45, 2.75) is 38.1 Å². The first-order valence-electron chi connectivity index (χ1n) is 8.75. The molecule has 0 bridgehead atoms. The number of aryl methyl sites for hydroxylation is 1. The van der Waals surface area contributed by atoms with Crippen LogP contribution in [0.15, 0.2) is 48.5 Å². The summed E-state index contributed by atoms with van der Waals surface area (Å²) in [7, 11) is 0. The molecular formula is C21H22ClNO. The maximum Gasteiger partial charge on any atom is 0.224 e. The second-order valence-corrected chi connectivity index (χ2v) is 7.61. The molecule has 0 spiro atoms. The van der Waals surface area contributed by atoms with E-state index in [9.17, 15) is 4.79 Å². The van der Waals surface area contributed by atoms with Crippen molar-refractivity contribution in [3.8, 4) is 0 Å². The van der Waals surface area contributed by atoms with Gasteiger partial charge in [0.2, 0.25) is 5.91 Å². The number of hydrogen-bond donors (Lipinski definition) is 1. The molecule has 24 heavy (non-hydrogen) atoms. The minimum atomic E-state index is 0.0663. The molecule has 3 unspecified atom stereocenters. The van der Waals surface area contributed by atoms with Crippen LogP contribution in [0.2, 0.25) is 5.02 Å². The first-order chi connectivity index (χ1) is 11.6. The Morgan fingerprint density at radius 1 is 1.12 bits per heavy atom. The van der Waals surface area contributed by atoms with Crippen LogP contribution in [0.4, 0.5) is 0 Å². The first-order valence-corrected chi connectivity index (χ1v) is 9.12. The maximum absolute atomic E-state index is 12.7. The normalized spacial score (nSPS) is 23.6. The van der Waals surface area contributed by atoms with Crippen LogP contribution in [-0.2, 0) is 4.79 Å². The van der Waals surface area contributed by atoms with Gasteiger partial charge in [-0.05, 0) is 55.2 Å². The molecule has 3 atom stereocenters. The van der Waals surface area contributed by atoms with E-state index in [-0.39, 0.29) is 23.8 Å². The van der Waals surface area contributed by atoms with Gasteiger partial charge in [-0.25, -0.2) is 0 Å². The Balaban J connectivity index is 1.45. The summed E-state index contributed by atoms with van der Waals surface area (Å²) in [5.41, 5.74) is 3.59. The first kappa shape index (κ1) is 15.7. The predicted molar refractivity (Wildman–Crippen MR) is 97.1 cm³/mol. The van der Waals surface area contributed by atoms with Gasteiger partial charge in [-0.15, -0.1) is 0 Å². The van der Waals surface area contributed by atoms with E-state index < -0.39 is 0 Å². The van der Waals surface area contributed by atoms with Crippen molar-refractivity contribution in [2.24, 2.45) is 11.8 Å². The molecule has 3 heteroatoms. The second kappa shape index (κ2) is 6.25. The Morgan fingerprint density at radius 3 is 2.50 bits per heavy atom. The van der Waals surface area contributed by atoms with Gasteiger partial charge in [0.05, 0.1) is 6.04 Å². The number of carbonyl (C=O) groups is 1. The summed E-state index contributed by atoms with van der Waals surface area (Å²) in [6, 6.07) is 16.6.